The van der Waals surface area contributed by atoms with Crippen LogP contribution in [-0.4, -0.2) is 35.2 Å². The highest BCUT2D eigenvalue weighted by Gasteiger charge is 2.67. The van der Waals surface area contributed by atoms with E-state index in [1.807, 2.05) is 0 Å². The highest BCUT2D eigenvalue weighted by atomic mass is 19.1. The zero-order valence-electron chi connectivity index (χ0n) is 10.9. The second-order valence-corrected chi connectivity index (χ2v) is 5.64. The summed E-state index contributed by atoms with van der Waals surface area (Å²) in [5, 5.41) is 9.36. The van der Waals surface area contributed by atoms with Crippen LogP contribution in [0.25, 0.3) is 0 Å². The summed E-state index contributed by atoms with van der Waals surface area (Å²) in [6.07, 6.45) is 2.98. The van der Waals surface area contributed by atoms with Crippen LogP contribution in [0.15, 0.2) is 36.4 Å². The summed E-state index contributed by atoms with van der Waals surface area (Å²) < 4.78 is 18.8. The number of nitrogens with zero attached hydrogens (tertiary/aromatic N) is 1. The van der Waals surface area contributed by atoms with Gasteiger partial charge in [0.1, 0.15) is 17.3 Å². The molecule has 2 bridgehead atoms. The molecule has 21 heavy (non-hydrogen) atoms. The molecule has 0 saturated carbocycles. The van der Waals surface area contributed by atoms with Gasteiger partial charge in [0.25, 0.3) is 0 Å². The molecule has 1 spiro atoms. The Balaban J connectivity index is 1.73. The summed E-state index contributed by atoms with van der Waals surface area (Å²) in [6, 6.07) is 5.57. The van der Waals surface area contributed by atoms with E-state index in [2.05, 4.69) is 0 Å². The van der Waals surface area contributed by atoms with E-state index in [0.717, 1.165) is 0 Å². The van der Waals surface area contributed by atoms with Gasteiger partial charge in [0.15, 0.2) is 0 Å². The van der Waals surface area contributed by atoms with Crippen molar-refractivity contribution >= 4 is 17.6 Å². The number of anilines is 1. The number of carbonyl (C=O) groups excluding carboxylic acids is 1. The molecule has 0 aliphatic carbocycles. The molecular weight excluding hydrogens is 277 g/mol. The second-order valence-electron chi connectivity index (χ2n) is 5.64. The molecule has 1 aromatic carbocycles. The average Bonchev–Trinajstić information content (AvgIpc) is 3.08. The number of carboxylic acid groups (broad SMARTS) is 1. The number of halogens is 1. The second kappa shape index (κ2) is 3.92. The van der Waals surface area contributed by atoms with Crippen LogP contribution < -0.4 is 4.90 Å². The molecule has 2 saturated heterocycles. The lowest BCUT2D eigenvalue weighted by atomic mass is 9.77. The summed E-state index contributed by atoms with van der Waals surface area (Å²) >= 11 is 0. The van der Waals surface area contributed by atoms with Crippen molar-refractivity contribution in [1.82, 2.24) is 0 Å². The van der Waals surface area contributed by atoms with Gasteiger partial charge in [-0.05, 0) is 24.3 Å². The number of carboxylic acids is 1. The Hall–Kier alpha value is -2.21. The molecule has 2 fully saturated rings. The molecule has 5 nitrogen and oxygen atoms in total. The number of hydrogen-bond acceptors (Lipinski definition) is 3. The van der Waals surface area contributed by atoms with Crippen LogP contribution in [0.1, 0.15) is 0 Å². The van der Waals surface area contributed by atoms with Crippen molar-refractivity contribution in [3.8, 4) is 0 Å². The highest BCUT2D eigenvalue weighted by Crippen LogP contribution is 2.52. The predicted octanol–water partition coefficient (Wildman–Crippen LogP) is 1.20. The summed E-state index contributed by atoms with van der Waals surface area (Å²) in [7, 11) is 0. The van der Waals surface area contributed by atoms with Crippen LogP contribution in [0.4, 0.5) is 10.1 Å². The van der Waals surface area contributed by atoms with Gasteiger partial charge in [-0.3, -0.25) is 9.59 Å². The molecule has 0 radical (unpaired) electrons. The Morgan fingerprint density at radius 1 is 1.38 bits per heavy atom. The SMILES string of the molecule is O=C(O)[C@H]1[C@H]2C(=O)N(c3ccc(F)cc3)C[C@@]23C=C[C@H]1O3. The number of aliphatic carboxylic acids is 1. The van der Waals surface area contributed by atoms with Crippen molar-refractivity contribution in [2.75, 3.05) is 11.4 Å². The van der Waals surface area contributed by atoms with Gasteiger partial charge in [-0.1, -0.05) is 12.2 Å². The van der Waals surface area contributed by atoms with Crippen LogP contribution >= 0.6 is 0 Å². The summed E-state index contributed by atoms with van der Waals surface area (Å²) in [5.41, 5.74) is -0.311. The Kier molecular flexibility index (Phi) is 2.34. The quantitative estimate of drug-likeness (QED) is 0.831. The van der Waals surface area contributed by atoms with E-state index in [0.29, 0.717) is 5.69 Å². The smallest absolute Gasteiger partial charge is 0.310 e. The van der Waals surface area contributed by atoms with Crippen molar-refractivity contribution in [3.05, 3.63) is 42.2 Å². The first-order valence-electron chi connectivity index (χ1n) is 6.69. The normalized spacial score (nSPS) is 36.3. The maximum atomic E-state index is 13.0. The first-order valence-corrected chi connectivity index (χ1v) is 6.69. The number of rotatable bonds is 2. The van der Waals surface area contributed by atoms with Gasteiger partial charge in [0.2, 0.25) is 5.91 Å². The van der Waals surface area contributed by atoms with E-state index >= 15 is 0 Å². The number of carbonyl (C=O) groups is 2. The molecule has 1 amide bonds. The highest BCUT2D eigenvalue weighted by molar-refractivity contribution is 6.02. The Morgan fingerprint density at radius 2 is 2.10 bits per heavy atom. The fourth-order valence-electron chi connectivity index (χ4n) is 3.62. The number of ether oxygens (including phenoxy) is 1. The summed E-state index contributed by atoms with van der Waals surface area (Å²) in [5.74, 6) is -3.25. The predicted molar refractivity (Wildman–Crippen MR) is 70.1 cm³/mol. The molecule has 4 rings (SSSR count). The number of benzene rings is 1. The van der Waals surface area contributed by atoms with Gasteiger partial charge in [-0.25, -0.2) is 4.39 Å². The first-order chi connectivity index (χ1) is 10.0. The monoisotopic (exact) mass is 289 g/mol. The van der Waals surface area contributed by atoms with Crippen LogP contribution in [0.2, 0.25) is 0 Å². The summed E-state index contributed by atoms with van der Waals surface area (Å²) in [4.78, 5) is 25.5. The van der Waals surface area contributed by atoms with Crippen molar-refractivity contribution in [2.45, 2.75) is 11.7 Å². The minimum absolute atomic E-state index is 0.263. The van der Waals surface area contributed by atoms with E-state index in [1.54, 1.807) is 12.2 Å². The Bertz CT molecular complexity index is 671. The molecule has 0 aromatic heterocycles. The van der Waals surface area contributed by atoms with Crippen molar-refractivity contribution in [1.29, 1.82) is 0 Å². The lowest BCUT2D eigenvalue weighted by Gasteiger charge is -2.21. The first kappa shape index (κ1) is 12.5. The van der Waals surface area contributed by atoms with Gasteiger partial charge >= 0.3 is 5.97 Å². The molecular formula is C15H12FNO4. The Morgan fingerprint density at radius 3 is 2.76 bits per heavy atom. The van der Waals surface area contributed by atoms with Crippen LogP contribution in [0.5, 0.6) is 0 Å². The van der Waals surface area contributed by atoms with E-state index in [9.17, 15) is 19.1 Å². The zero-order valence-corrected chi connectivity index (χ0v) is 10.9. The molecule has 4 atom stereocenters. The number of fused-ring (bicyclic) bond motifs is 1. The van der Waals surface area contributed by atoms with Crippen molar-refractivity contribution in [2.24, 2.45) is 11.8 Å². The van der Waals surface area contributed by atoms with E-state index in [-0.39, 0.29) is 18.3 Å². The molecule has 3 aliphatic rings. The Labute approximate surface area is 119 Å². The third kappa shape index (κ3) is 1.53. The van der Waals surface area contributed by atoms with Crippen molar-refractivity contribution in [3.63, 3.8) is 0 Å². The minimum Gasteiger partial charge on any atom is -0.481 e. The lowest BCUT2D eigenvalue weighted by molar-refractivity contribution is -0.146. The fourth-order valence-corrected chi connectivity index (χ4v) is 3.62. The van der Waals surface area contributed by atoms with Gasteiger partial charge in [0.05, 0.1) is 18.6 Å². The third-order valence-corrected chi connectivity index (χ3v) is 4.52. The maximum absolute atomic E-state index is 13.0. The van der Waals surface area contributed by atoms with Gasteiger partial charge in [-0.15, -0.1) is 0 Å². The molecule has 3 heterocycles. The largest absolute Gasteiger partial charge is 0.481 e. The zero-order chi connectivity index (χ0) is 14.8. The lowest BCUT2D eigenvalue weighted by Crippen LogP contribution is -2.39. The molecule has 6 heteroatoms. The standard InChI is InChI=1S/C15H12FNO4/c16-8-1-3-9(4-2-8)17-7-15-6-5-10(21-15)11(14(19)20)12(15)13(17)18/h1-6,10-12H,7H2,(H,19,20)/t10-,11-,12+,15+/m1/s1. The molecule has 108 valence electrons. The average molecular weight is 289 g/mol. The third-order valence-electron chi connectivity index (χ3n) is 4.52. The van der Waals surface area contributed by atoms with Crippen LogP contribution in [0, 0.1) is 17.7 Å². The molecule has 1 N–H and O–H groups in total. The molecule has 0 unspecified atom stereocenters. The molecule has 1 aromatic rings. The van der Waals surface area contributed by atoms with Gasteiger partial charge in [0, 0.05) is 5.69 Å². The van der Waals surface area contributed by atoms with Crippen LogP contribution in [-0.2, 0) is 14.3 Å². The minimum atomic E-state index is -1.02. The van der Waals surface area contributed by atoms with Gasteiger partial charge < -0.3 is 14.7 Å². The number of amides is 1. The van der Waals surface area contributed by atoms with E-state index < -0.39 is 29.5 Å². The van der Waals surface area contributed by atoms with Crippen LogP contribution in [0.3, 0.4) is 0 Å². The van der Waals surface area contributed by atoms with E-state index in [4.69, 9.17) is 4.74 Å². The van der Waals surface area contributed by atoms with E-state index in [1.165, 1.54) is 29.2 Å². The topological polar surface area (TPSA) is 66.8 Å². The maximum Gasteiger partial charge on any atom is 0.310 e. The fraction of sp³-hybridized carbons (Fsp3) is 0.333. The van der Waals surface area contributed by atoms with Gasteiger partial charge in [-0.2, -0.15) is 0 Å². The summed E-state index contributed by atoms with van der Waals surface area (Å²) in [6.45, 7) is 0.263. The molecule has 3 aliphatic heterocycles. The van der Waals surface area contributed by atoms with Crippen molar-refractivity contribution < 1.29 is 23.8 Å². The number of hydrogen-bond donors (Lipinski definition) is 1.